The first-order chi connectivity index (χ1) is 11.5. The number of hydrogen-bond acceptors (Lipinski definition) is 5. The number of carbonyl (C=O) groups excluding carboxylic acids is 1. The highest BCUT2D eigenvalue weighted by Gasteiger charge is 2.19. The van der Waals surface area contributed by atoms with Gasteiger partial charge in [-0.2, -0.15) is 0 Å². The summed E-state index contributed by atoms with van der Waals surface area (Å²) in [5, 5.41) is 29.0. The van der Waals surface area contributed by atoms with Crippen molar-refractivity contribution in [1.82, 2.24) is 4.98 Å². The first-order valence-corrected chi connectivity index (χ1v) is 7.12. The topological polar surface area (TPSA) is 103 Å². The highest BCUT2D eigenvalue weighted by atomic mass is 16.5. The fourth-order valence-electron chi connectivity index (χ4n) is 2.52. The lowest BCUT2D eigenvalue weighted by molar-refractivity contribution is 0.0596. The van der Waals surface area contributed by atoms with Crippen LogP contribution in [-0.2, 0) is 4.74 Å². The van der Waals surface area contributed by atoms with Crippen molar-refractivity contribution in [2.75, 3.05) is 7.11 Å². The van der Waals surface area contributed by atoms with E-state index in [1.54, 1.807) is 30.3 Å². The number of rotatable bonds is 3. The number of methoxy groups -OCH3 is 1. The summed E-state index contributed by atoms with van der Waals surface area (Å²) in [6.07, 6.45) is 0. The van der Waals surface area contributed by atoms with E-state index in [1.807, 2.05) is 0 Å². The van der Waals surface area contributed by atoms with Gasteiger partial charge in [-0.25, -0.2) is 4.79 Å². The van der Waals surface area contributed by atoms with Crippen LogP contribution in [0.2, 0.25) is 0 Å². The number of ether oxygens (including phenoxy) is 1. The molecule has 0 saturated heterocycles. The minimum absolute atomic E-state index is 0.0956. The van der Waals surface area contributed by atoms with E-state index in [2.05, 4.69) is 4.98 Å². The van der Waals surface area contributed by atoms with Gasteiger partial charge in [0.15, 0.2) is 0 Å². The van der Waals surface area contributed by atoms with Gasteiger partial charge in [-0.3, -0.25) is 0 Å². The van der Waals surface area contributed by atoms with Gasteiger partial charge in [0.05, 0.1) is 7.11 Å². The molecule has 3 rings (SSSR count). The molecule has 0 unspecified atom stereocenters. The van der Waals surface area contributed by atoms with Crippen LogP contribution in [0.3, 0.4) is 0 Å². The molecule has 0 amide bonds. The lowest BCUT2D eigenvalue weighted by Crippen LogP contribution is -2.03. The zero-order valence-corrected chi connectivity index (χ0v) is 12.8. The van der Waals surface area contributed by atoms with Crippen molar-refractivity contribution in [2.24, 2.45) is 0 Å². The van der Waals surface area contributed by atoms with Gasteiger partial charge in [0.1, 0.15) is 22.9 Å². The van der Waals surface area contributed by atoms with Gasteiger partial charge in [0.25, 0.3) is 0 Å². The molecule has 2 aromatic carbocycles. The van der Waals surface area contributed by atoms with Crippen LogP contribution < -0.4 is 0 Å². The predicted molar refractivity (Wildman–Crippen MR) is 88.0 cm³/mol. The van der Waals surface area contributed by atoms with Crippen molar-refractivity contribution in [1.29, 1.82) is 0 Å². The van der Waals surface area contributed by atoms with Crippen molar-refractivity contribution in [3.63, 3.8) is 0 Å². The molecule has 0 atom stereocenters. The maximum absolute atomic E-state index is 12.1. The van der Waals surface area contributed by atoms with Gasteiger partial charge in [0.2, 0.25) is 0 Å². The average molecular weight is 325 g/mol. The average Bonchev–Trinajstić information content (AvgIpc) is 2.98. The molecule has 6 nitrogen and oxygen atoms in total. The molecule has 0 radical (unpaired) electrons. The Kier molecular flexibility index (Phi) is 3.87. The molecule has 24 heavy (non-hydrogen) atoms. The molecular formula is C18H15NO5. The normalized spacial score (nSPS) is 10.5. The maximum Gasteiger partial charge on any atom is 0.355 e. The quantitative estimate of drug-likeness (QED) is 0.554. The Morgan fingerprint density at radius 2 is 1.58 bits per heavy atom. The number of carbonyl (C=O) groups is 1. The van der Waals surface area contributed by atoms with Crippen LogP contribution in [0.4, 0.5) is 0 Å². The van der Waals surface area contributed by atoms with Crippen LogP contribution >= 0.6 is 0 Å². The van der Waals surface area contributed by atoms with Gasteiger partial charge in [-0.05, 0) is 35.9 Å². The molecule has 0 fully saturated rings. The third-order valence-electron chi connectivity index (χ3n) is 3.58. The summed E-state index contributed by atoms with van der Waals surface area (Å²) >= 11 is 0. The van der Waals surface area contributed by atoms with E-state index in [-0.39, 0.29) is 22.9 Å². The number of aromatic amines is 1. The lowest BCUT2D eigenvalue weighted by Gasteiger charge is -2.04. The third kappa shape index (κ3) is 2.89. The highest BCUT2D eigenvalue weighted by Crippen LogP contribution is 2.34. The summed E-state index contributed by atoms with van der Waals surface area (Å²) in [5.41, 5.74) is 2.36. The first kappa shape index (κ1) is 15.5. The first-order valence-electron chi connectivity index (χ1n) is 7.12. The smallest absolute Gasteiger partial charge is 0.355 e. The van der Waals surface area contributed by atoms with E-state index < -0.39 is 5.97 Å². The van der Waals surface area contributed by atoms with Crippen LogP contribution in [0.25, 0.3) is 22.4 Å². The Balaban J connectivity index is 2.19. The number of hydrogen-bond donors (Lipinski definition) is 4. The Labute approximate surface area is 137 Å². The molecule has 0 aliphatic carbocycles. The van der Waals surface area contributed by atoms with Gasteiger partial charge in [-0.1, -0.05) is 12.1 Å². The zero-order chi connectivity index (χ0) is 17.3. The van der Waals surface area contributed by atoms with E-state index in [4.69, 9.17) is 4.74 Å². The molecule has 1 aromatic heterocycles. The van der Waals surface area contributed by atoms with Crippen molar-refractivity contribution in [3.05, 3.63) is 54.2 Å². The molecule has 0 spiro atoms. The summed E-state index contributed by atoms with van der Waals surface area (Å²) in [5.74, 6) is -0.737. The second kappa shape index (κ2) is 6.00. The number of phenolic OH excluding ortho intramolecular Hbond substituents is 3. The van der Waals surface area contributed by atoms with Gasteiger partial charge in [0, 0.05) is 22.9 Å². The number of H-pyrrole nitrogens is 1. The Morgan fingerprint density at radius 3 is 2.21 bits per heavy atom. The van der Waals surface area contributed by atoms with Crippen molar-refractivity contribution in [3.8, 4) is 39.6 Å². The molecule has 0 aliphatic rings. The highest BCUT2D eigenvalue weighted by molar-refractivity contribution is 5.97. The molecule has 1 heterocycles. The summed E-state index contributed by atoms with van der Waals surface area (Å²) in [6.45, 7) is 0. The predicted octanol–water partition coefficient (Wildman–Crippen LogP) is 3.25. The molecule has 0 bridgehead atoms. The number of phenols is 3. The van der Waals surface area contributed by atoms with E-state index in [1.165, 1.54) is 25.3 Å². The summed E-state index contributed by atoms with van der Waals surface area (Å²) in [7, 11) is 1.26. The molecule has 4 N–H and O–H groups in total. The molecule has 6 heteroatoms. The van der Waals surface area contributed by atoms with Crippen molar-refractivity contribution < 1.29 is 24.9 Å². The minimum Gasteiger partial charge on any atom is -0.508 e. The Bertz CT molecular complexity index is 893. The van der Waals surface area contributed by atoms with E-state index in [0.717, 1.165) is 0 Å². The van der Waals surface area contributed by atoms with Crippen LogP contribution in [0, 0.1) is 0 Å². The van der Waals surface area contributed by atoms with E-state index >= 15 is 0 Å². The minimum atomic E-state index is -0.584. The summed E-state index contributed by atoms with van der Waals surface area (Å²) in [6, 6.07) is 12.3. The second-order valence-corrected chi connectivity index (χ2v) is 5.25. The maximum atomic E-state index is 12.1. The van der Waals surface area contributed by atoms with Gasteiger partial charge < -0.3 is 25.0 Å². The van der Waals surface area contributed by atoms with Gasteiger partial charge in [-0.15, -0.1) is 0 Å². The monoisotopic (exact) mass is 325 g/mol. The zero-order valence-electron chi connectivity index (χ0n) is 12.8. The Morgan fingerprint density at radius 1 is 0.917 bits per heavy atom. The third-order valence-corrected chi connectivity index (χ3v) is 3.58. The number of aromatic nitrogens is 1. The SMILES string of the molecule is COC(=O)c1[nH]c(-c2cccc(O)c2)cc1-c1cc(O)cc(O)c1. The standard InChI is InChI=1S/C18H15NO5/c1-24-18(23)17-15(11-6-13(21)8-14(22)7-11)9-16(19-17)10-3-2-4-12(20)5-10/h2-9,19-22H,1H3. The van der Waals surface area contributed by atoms with E-state index in [9.17, 15) is 20.1 Å². The van der Waals surface area contributed by atoms with Crippen LogP contribution in [0.1, 0.15) is 10.5 Å². The largest absolute Gasteiger partial charge is 0.508 e. The second-order valence-electron chi connectivity index (χ2n) is 5.25. The van der Waals surface area contributed by atoms with Crippen molar-refractivity contribution >= 4 is 5.97 Å². The fraction of sp³-hybridized carbons (Fsp3) is 0.0556. The molecular weight excluding hydrogens is 310 g/mol. The number of aromatic hydroxyl groups is 3. The van der Waals surface area contributed by atoms with Crippen LogP contribution in [-0.4, -0.2) is 33.4 Å². The molecule has 0 saturated carbocycles. The van der Waals surface area contributed by atoms with Crippen molar-refractivity contribution in [2.45, 2.75) is 0 Å². The summed E-state index contributed by atoms with van der Waals surface area (Å²) in [4.78, 5) is 15.0. The molecule has 3 aromatic rings. The molecule has 0 aliphatic heterocycles. The van der Waals surface area contributed by atoms with Gasteiger partial charge >= 0.3 is 5.97 Å². The number of esters is 1. The number of benzene rings is 2. The fourth-order valence-corrected chi connectivity index (χ4v) is 2.52. The number of nitrogens with one attached hydrogen (secondary N) is 1. The van der Waals surface area contributed by atoms with E-state index in [0.29, 0.717) is 22.4 Å². The Hall–Kier alpha value is -3.41. The lowest BCUT2D eigenvalue weighted by atomic mass is 10.0. The van der Waals surface area contributed by atoms with Crippen LogP contribution in [0.15, 0.2) is 48.5 Å². The van der Waals surface area contributed by atoms with Crippen LogP contribution in [0.5, 0.6) is 17.2 Å². The molecule has 122 valence electrons. The summed E-state index contributed by atoms with van der Waals surface area (Å²) < 4.78 is 4.79.